The van der Waals surface area contributed by atoms with Crippen LogP contribution in [0.3, 0.4) is 0 Å². The molecule has 0 radical (unpaired) electrons. The van der Waals surface area contributed by atoms with Gasteiger partial charge in [0.2, 0.25) is 0 Å². The second-order valence-corrected chi connectivity index (χ2v) is 6.05. The molecular formula is C18H22N2O2. The third kappa shape index (κ3) is 2.43. The fourth-order valence-corrected chi connectivity index (χ4v) is 3.20. The largest absolute Gasteiger partial charge is 0.366 e. The number of hydrogen-bond donors (Lipinski definition) is 0. The van der Waals surface area contributed by atoms with Crippen molar-refractivity contribution in [1.82, 2.24) is 9.80 Å². The minimum atomic E-state index is -0.141. The maximum absolute atomic E-state index is 12.8. The van der Waals surface area contributed by atoms with Crippen molar-refractivity contribution >= 4 is 17.4 Å². The Morgan fingerprint density at radius 2 is 1.64 bits per heavy atom. The van der Waals surface area contributed by atoms with Crippen LogP contribution in [0.4, 0.5) is 0 Å². The Hall–Kier alpha value is -2.10. The molecule has 1 saturated heterocycles. The number of rotatable bonds is 4. The lowest BCUT2D eigenvalue weighted by molar-refractivity contribution is -0.137. The first-order valence-electron chi connectivity index (χ1n) is 8.06. The van der Waals surface area contributed by atoms with Crippen LogP contribution in [-0.2, 0) is 9.59 Å². The summed E-state index contributed by atoms with van der Waals surface area (Å²) in [6.07, 6.45) is 2.95. The van der Waals surface area contributed by atoms with Crippen molar-refractivity contribution in [1.29, 1.82) is 0 Å². The zero-order valence-corrected chi connectivity index (χ0v) is 13.3. The van der Waals surface area contributed by atoms with Gasteiger partial charge in [0.1, 0.15) is 5.70 Å². The molecule has 22 heavy (non-hydrogen) atoms. The molecule has 1 aromatic rings. The molecule has 4 heteroatoms. The van der Waals surface area contributed by atoms with E-state index in [1.54, 1.807) is 0 Å². The van der Waals surface area contributed by atoms with Gasteiger partial charge in [-0.2, -0.15) is 0 Å². The van der Waals surface area contributed by atoms with Gasteiger partial charge in [0.05, 0.1) is 5.57 Å². The molecule has 2 aliphatic rings. The van der Waals surface area contributed by atoms with Gasteiger partial charge in [-0.3, -0.25) is 14.5 Å². The molecule has 2 aliphatic heterocycles. The van der Waals surface area contributed by atoms with Gasteiger partial charge in [0.15, 0.2) is 0 Å². The lowest BCUT2D eigenvalue weighted by atomic mass is 10.0. The van der Waals surface area contributed by atoms with Gasteiger partial charge in [-0.15, -0.1) is 0 Å². The molecule has 0 unspecified atom stereocenters. The van der Waals surface area contributed by atoms with Gasteiger partial charge < -0.3 is 4.90 Å². The maximum Gasteiger partial charge on any atom is 0.277 e. The van der Waals surface area contributed by atoms with Gasteiger partial charge in [-0.1, -0.05) is 36.8 Å². The zero-order chi connectivity index (χ0) is 15.7. The molecule has 2 heterocycles. The molecule has 116 valence electrons. The van der Waals surface area contributed by atoms with Gasteiger partial charge in [-0.05, 0) is 31.7 Å². The Morgan fingerprint density at radius 3 is 2.23 bits per heavy atom. The summed E-state index contributed by atoms with van der Waals surface area (Å²) in [6.45, 7) is 6.22. The number of nitrogens with zero attached hydrogens (tertiary/aromatic N) is 2. The Balaban J connectivity index is 2.07. The van der Waals surface area contributed by atoms with E-state index in [1.165, 1.54) is 4.90 Å². The molecule has 0 saturated carbocycles. The summed E-state index contributed by atoms with van der Waals surface area (Å²) in [5.41, 5.74) is 3.19. The second kappa shape index (κ2) is 5.95. The summed E-state index contributed by atoms with van der Waals surface area (Å²) in [5, 5.41) is 0. The lowest BCUT2D eigenvalue weighted by Gasteiger charge is -2.19. The van der Waals surface area contributed by atoms with Crippen LogP contribution in [0, 0.1) is 6.92 Å². The van der Waals surface area contributed by atoms with Crippen LogP contribution in [0.5, 0.6) is 0 Å². The van der Waals surface area contributed by atoms with E-state index >= 15 is 0 Å². The molecule has 0 spiro atoms. The highest BCUT2D eigenvalue weighted by Crippen LogP contribution is 2.33. The van der Waals surface area contributed by atoms with Gasteiger partial charge in [-0.25, -0.2) is 0 Å². The predicted molar refractivity (Wildman–Crippen MR) is 85.9 cm³/mol. The van der Waals surface area contributed by atoms with Gasteiger partial charge in [0.25, 0.3) is 11.8 Å². The van der Waals surface area contributed by atoms with E-state index < -0.39 is 0 Å². The van der Waals surface area contributed by atoms with Crippen molar-refractivity contribution in [2.24, 2.45) is 0 Å². The van der Waals surface area contributed by atoms with Gasteiger partial charge >= 0.3 is 0 Å². The number of hydrogen-bond acceptors (Lipinski definition) is 3. The molecule has 2 amide bonds. The summed E-state index contributed by atoms with van der Waals surface area (Å²) in [5.74, 6) is -0.262. The third-order valence-corrected chi connectivity index (χ3v) is 4.35. The zero-order valence-electron chi connectivity index (χ0n) is 13.3. The minimum absolute atomic E-state index is 0.121. The van der Waals surface area contributed by atoms with Crippen LogP contribution in [0.25, 0.3) is 5.57 Å². The molecule has 1 fully saturated rings. The Bertz CT molecular complexity index is 625. The molecule has 3 rings (SSSR count). The Kier molecular flexibility index (Phi) is 4.01. The number of aryl methyl sites for hydroxylation is 1. The van der Waals surface area contributed by atoms with Crippen molar-refractivity contribution in [3.8, 4) is 0 Å². The number of benzene rings is 1. The highest BCUT2D eigenvalue weighted by atomic mass is 16.2. The second-order valence-electron chi connectivity index (χ2n) is 6.05. The van der Waals surface area contributed by atoms with E-state index in [4.69, 9.17) is 0 Å². The van der Waals surface area contributed by atoms with Crippen molar-refractivity contribution < 1.29 is 9.59 Å². The van der Waals surface area contributed by atoms with E-state index in [1.807, 2.05) is 38.1 Å². The maximum atomic E-state index is 12.8. The van der Waals surface area contributed by atoms with Crippen molar-refractivity contribution in [3.63, 3.8) is 0 Å². The average molecular weight is 298 g/mol. The fraction of sp³-hybridized carbons (Fsp3) is 0.444. The Labute approximate surface area is 131 Å². The standard InChI is InChI=1S/C18H22N2O2/c1-3-10-20-17(21)15(14-8-6-13(2)7-9-14)16(18(20)22)19-11-4-5-12-19/h6-9H,3-5,10-12H2,1-2H3. The third-order valence-electron chi connectivity index (χ3n) is 4.35. The first-order chi connectivity index (χ1) is 10.6. The molecule has 0 atom stereocenters. The topological polar surface area (TPSA) is 40.6 Å². The van der Waals surface area contributed by atoms with E-state index in [0.717, 1.165) is 43.5 Å². The van der Waals surface area contributed by atoms with E-state index in [0.29, 0.717) is 17.8 Å². The van der Waals surface area contributed by atoms with Crippen LogP contribution in [0.1, 0.15) is 37.3 Å². The predicted octanol–water partition coefficient (Wildman–Crippen LogP) is 2.58. The number of amides is 2. The minimum Gasteiger partial charge on any atom is -0.366 e. The highest BCUT2D eigenvalue weighted by Gasteiger charge is 2.41. The van der Waals surface area contributed by atoms with E-state index in [2.05, 4.69) is 4.90 Å². The fourth-order valence-electron chi connectivity index (χ4n) is 3.20. The summed E-state index contributed by atoms with van der Waals surface area (Å²) >= 11 is 0. The molecule has 0 aliphatic carbocycles. The first kappa shape index (κ1) is 14.8. The van der Waals surface area contributed by atoms with E-state index in [9.17, 15) is 9.59 Å². The molecule has 1 aromatic carbocycles. The van der Waals surface area contributed by atoms with Crippen LogP contribution >= 0.6 is 0 Å². The van der Waals surface area contributed by atoms with Crippen LogP contribution in [0.15, 0.2) is 30.0 Å². The smallest absolute Gasteiger partial charge is 0.277 e. The van der Waals surface area contributed by atoms with Crippen LogP contribution in [-0.4, -0.2) is 41.2 Å². The monoisotopic (exact) mass is 298 g/mol. The van der Waals surface area contributed by atoms with Crippen molar-refractivity contribution in [2.45, 2.75) is 33.1 Å². The lowest BCUT2D eigenvalue weighted by Crippen LogP contribution is -2.35. The number of carbonyl (C=O) groups is 2. The highest BCUT2D eigenvalue weighted by molar-refractivity contribution is 6.35. The van der Waals surface area contributed by atoms with Gasteiger partial charge in [0, 0.05) is 19.6 Å². The molecule has 0 aromatic heterocycles. The van der Waals surface area contributed by atoms with Crippen LogP contribution in [0.2, 0.25) is 0 Å². The van der Waals surface area contributed by atoms with E-state index in [-0.39, 0.29) is 11.8 Å². The molecule has 0 N–H and O–H groups in total. The Morgan fingerprint density at radius 1 is 1.00 bits per heavy atom. The number of carbonyl (C=O) groups excluding carboxylic acids is 2. The molecule has 0 bridgehead atoms. The van der Waals surface area contributed by atoms with Crippen molar-refractivity contribution in [2.75, 3.05) is 19.6 Å². The summed E-state index contributed by atoms with van der Waals surface area (Å²) in [4.78, 5) is 29.0. The quantitative estimate of drug-likeness (QED) is 0.802. The normalized spacial score (nSPS) is 18.8. The first-order valence-corrected chi connectivity index (χ1v) is 8.06. The summed E-state index contributed by atoms with van der Waals surface area (Å²) in [6, 6.07) is 7.87. The molecular weight excluding hydrogens is 276 g/mol. The number of imide groups is 1. The van der Waals surface area contributed by atoms with Crippen LogP contribution < -0.4 is 0 Å². The summed E-state index contributed by atoms with van der Waals surface area (Å²) in [7, 11) is 0. The van der Waals surface area contributed by atoms with Crippen molar-refractivity contribution in [3.05, 3.63) is 41.1 Å². The molecule has 4 nitrogen and oxygen atoms in total. The SMILES string of the molecule is CCCN1C(=O)C(c2ccc(C)cc2)=C(N2CCCC2)C1=O. The average Bonchev–Trinajstić information content (AvgIpc) is 3.10. The summed E-state index contributed by atoms with van der Waals surface area (Å²) < 4.78 is 0. The number of likely N-dealkylation sites (tertiary alicyclic amines) is 1.